The number of likely N-dealkylation sites (N-methyl/N-ethyl adjacent to an activating group) is 1. The molecule has 12 nitrogen and oxygen atoms in total. The Balaban J connectivity index is 0.00000363. The van der Waals surface area contributed by atoms with E-state index in [4.69, 9.17) is 41.9 Å². The number of nitrogens with one attached hydrogen (secondary N) is 1. The molecule has 0 amide bonds. The van der Waals surface area contributed by atoms with Gasteiger partial charge in [-0.2, -0.15) is 0 Å². The smallest absolute Gasteiger partial charge is 0.215 e. The monoisotopic (exact) mass is 483 g/mol. The van der Waals surface area contributed by atoms with Gasteiger partial charge in [0, 0.05) is 12.1 Å². The first kappa shape index (κ1) is 27.6. The molecule has 1 aliphatic carbocycles. The molecule has 2 heterocycles. The minimum absolute atomic E-state index is 0. The van der Waals surface area contributed by atoms with Gasteiger partial charge >= 0.3 is 0 Å². The maximum absolute atomic E-state index is 11.0. The Labute approximate surface area is 194 Å². The van der Waals surface area contributed by atoms with Crippen LogP contribution in [0, 0.1) is 0 Å². The lowest BCUT2D eigenvalue weighted by Crippen LogP contribution is -2.68. The summed E-state index contributed by atoms with van der Waals surface area (Å²) in [5, 5.41) is 34.9. The molecule has 32 heavy (non-hydrogen) atoms. The van der Waals surface area contributed by atoms with Crippen LogP contribution < -0.4 is 28.3 Å². The largest absolute Gasteiger partial charge is 0.467 e. The third-order valence-corrected chi connectivity index (χ3v) is 6.22. The van der Waals surface area contributed by atoms with Crippen molar-refractivity contribution in [3.8, 4) is 0 Å². The van der Waals surface area contributed by atoms with E-state index in [1.165, 1.54) is 0 Å². The van der Waals surface area contributed by atoms with Gasteiger partial charge in [0.05, 0.1) is 25.2 Å². The van der Waals surface area contributed by atoms with Crippen LogP contribution in [0.2, 0.25) is 0 Å². The molecule has 12 N–H and O–H groups in total. The Morgan fingerprint density at radius 3 is 2.25 bits per heavy atom. The van der Waals surface area contributed by atoms with Gasteiger partial charge in [-0.3, -0.25) is 0 Å². The predicted molar refractivity (Wildman–Crippen MR) is 117 cm³/mol. The van der Waals surface area contributed by atoms with Crippen molar-refractivity contribution in [1.29, 1.82) is 0 Å². The van der Waals surface area contributed by atoms with Gasteiger partial charge in [-0.05, 0) is 32.9 Å². The van der Waals surface area contributed by atoms with Crippen LogP contribution in [0.15, 0.2) is 11.8 Å². The second-order valence-corrected chi connectivity index (χ2v) is 8.81. The number of aliphatic hydroxyl groups excluding tert-OH is 2. The lowest BCUT2D eigenvalue weighted by atomic mass is 9.84. The molecule has 0 unspecified atom stereocenters. The molecule has 0 radical (unpaired) electrons. The van der Waals surface area contributed by atoms with Crippen molar-refractivity contribution in [3.63, 3.8) is 0 Å². The average molecular weight is 484 g/mol. The molecule has 11 atom stereocenters. The first-order valence-electron chi connectivity index (χ1n) is 10.6. The van der Waals surface area contributed by atoms with Gasteiger partial charge in [-0.1, -0.05) is 0 Å². The zero-order valence-electron chi connectivity index (χ0n) is 18.4. The van der Waals surface area contributed by atoms with Gasteiger partial charge in [-0.25, -0.2) is 0 Å². The summed E-state index contributed by atoms with van der Waals surface area (Å²) in [6.07, 6.45) is -3.56. The van der Waals surface area contributed by atoms with Crippen LogP contribution in [-0.4, -0.2) is 102 Å². The highest BCUT2D eigenvalue weighted by atomic mass is 35.5. The molecule has 3 rings (SSSR count). The SMILES string of the molecule is CN[C@H]1[C@@H](O)[C@@H](O[C@H]2[C@H](O)[C@@H](O[C@H]3OC(CN)=CC[C@H]3N)[C@H](N)C[C@@H]2N)OC[C@]1(C)O.Cl. The summed E-state index contributed by atoms with van der Waals surface area (Å²) in [6, 6.07) is -2.37. The number of nitrogens with two attached hydrogens (primary N) is 4. The topological polar surface area (TPSA) is 214 Å². The van der Waals surface area contributed by atoms with E-state index in [0.717, 1.165) is 0 Å². The van der Waals surface area contributed by atoms with Crippen molar-refractivity contribution in [3.05, 3.63) is 11.8 Å². The maximum atomic E-state index is 11.0. The van der Waals surface area contributed by atoms with Crippen molar-refractivity contribution >= 4 is 12.4 Å². The Bertz CT molecular complexity index is 645. The van der Waals surface area contributed by atoms with E-state index >= 15 is 0 Å². The predicted octanol–water partition coefficient (Wildman–Crippen LogP) is -3.43. The number of aliphatic hydroxyl groups is 3. The summed E-state index contributed by atoms with van der Waals surface area (Å²) in [6.45, 7) is 1.68. The van der Waals surface area contributed by atoms with E-state index in [2.05, 4.69) is 5.32 Å². The van der Waals surface area contributed by atoms with Crippen LogP contribution >= 0.6 is 12.4 Å². The number of rotatable bonds is 6. The fourth-order valence-electron chi connectivity index (χ4n) is 4.44. The first-order valence-corrected chi connectivity index (χ1v) is 10.6. The van der Waals surface area contributed by atoms with E-state index in [9.17, 15) is 15.3 Å². The van der Waals surface area contributed by atoms with E-state index in [1.807, 2.05) is 0 Å². The van der Waals surface area contributed by atoms with Crippen molar-refractivity contribution in [2.45, 2.75) is 86.5 Å². The van der Waals surface area contributed by atoms with Crippen molar-refractivity contribution in [2.75, 3.05) is 20.2 Å². The number of halogens is 1. The Hall–Kier alpha value is -0.610. The quantitative estimate of drug-likeness (QED) is 0.185. The van der Waals surface area contributed by atoms with Crippen molar-refractivity contribution in [1.82, 2.24) is 5.32 Å². The highest BCUT2D eigenvalue weighted by Crippen LogP contribution is 2.31. The Kier molecular flexibility index (Phi) is 9.68. The third kappa shape index (κ3) is 5.71. The highest BCUT2D eigenvalue weighted by molar-refractivity contribution is 5.85. The molecule has 188 valence electrons. The van der Waals surface area contributed by atoms with E-state index in [1.54, 1.807) is 20.0 Å². The van der Waals surface area contributed by atoms with Gasteiger partial charge in [-0.15, -0.1) is 12.4 Å². The zero-order valence-corrected chi connectivity index (χ0v) is 19.2. The second kappa shape index (κ2) is 11.2. The van der Waals surface area contributed by atoms with E-state index in [-0.39, 0.29) is 25.6 Å². The molecule has 0 spiro atoms. The lowest BCUT2D eigenvalue weighted by molar-refractivity contribution is -0.303. The molecule has 0 aromatic rings. The number of hydrogen-bond acceptors (Lipinski definition) is 12. The van der Waals surface area contributed by atoms with Gasteiger partial charge < -0.3 is 62.5 Å². The molecule has 2 aliphatic heterocycles. The van der Waals surface area contributed by atoms with Gasteiger partial charge in [0.25, 0.3) is 0 Å². The molecule has 0 aromatic heterocycles. The fraction of sp³-hybridized carbons (Fsp3) is 0.895. The molecule has 2 fully saturated rings. The summed E-state index contributed by atoms with van der Waals surface area (Å²) in [5.74, 6) is 0.555. The minimum atomic E-state index is -1.29. The van der Waals surface area contributed by atoms with Gasteiger partial charge in [0.2, 0.25) is 6.29 Å². The maximum Gasteiger partial charge on any atom is 0.215 e. The Morgan fingerprint density at radius 2 is 1.69 bits per heavy atom. The zero-order chi connectivity index (χ0) is 22.9. The van der Waals surface area contributed by atoms with Crippen LogP contribution in [0.3, 0.4) is 0 Å². The van der Waals surface area contributed by atoms with Crippen molar-refractivity contribution < 1.29 is 34.3 Å². The summed E-state index contributed by atoms with van der Waals surface area (Å²) >= 11 is 0. The molecule has 13 heteroatoms. The number of ether oxygens (including phenoxy) is 4. The standard InChI is InChI=1S/C19H37N5O7.ClH/c1-19(27)7-28-18(13(26)16(19)24-2)31-15-11(23)5-10(22)14(12(15)25)30-17-9(21)4-3-8(6-20)29-17;/h3,9-18,24-27H,4-7,20-23H2,1-2H3;1H/t9-,10-,11+,12-,13-,14+,15-,16+,17-,18-,19+;/m1./s1. The summed E-state index contributed by atoms with van der Waals surface area (Å²) in [5.41, 5.74) is 22.9. The average Bonchev–Trinajstić information content (AvgIpc) is 2.71. The molecular weight excluding hydrogens is 446 g/mol. The molecule has 3 aliphatic rings. The summed E-state index contributed by atoms with van der Waals surface area (Å²) in [7, 11) is 1.62. The van der Waals surface area contributed by atoms with Crippen molar-refractivity contribution in [2.24, 2.45) is 22.9 Å². The minimum Gasteiger partial charge on any atom is -0.467 e. The van der Waals surface area contributed by atoms with Gasteiger partial charge in [0.15, 0.2) is 6.29 Å². The van der Waals surface area contributed by atoms with Crippen LogP contribution in [0.5, 0.6) is 0 Å². The molecule has 1 saturated heterocycles. The fourth-order valence-corrected chi connectivity index (χ4v) is 4.44. The van der Waals surface area contributed by atoms with Gasteiger partial charge in [0.1, 0.15) is 35.8 Å². The molecule has 0 aromatic carbocycles. The summed E-state index contributed by atoms with van der Waals surface area (Å²) in [4.78, 5) is 0. The summed E-state index contributed by atoms with van der Waals surface area (Å²) < 4.78 is 23.1. The third-order valence-electron chi connectivity index (χ3n) is 6.22. The molecule has 0 bridgehead atoms. The normalized spacial score (nSPS) is 47.2. The molecule has 1 saturated carbocycles. The Morgan fingerprint density at radius 1 is 1.09 bits per heavy atom. The molecular formula is C19H38ClN5O7. The first-order chi connectivity index (χ1) is 14.6. The van der Waals surface area contributed by atoms with Crippen LogP contribution in [0.25, 0.3) is 0 Å². The highest BCUT2D eigenvalue weighted by Gasteiger charge is 2.50. The second-order valence-electron chi connectivity index (χ2n) is 8.81. The van der Waals surface area contributed by atoms with E-state index < -0.39 is 66.8 Å². The van der Waals surface area contributed by atoms with E-state index in [0.29, 0.717) is 18.6 Å². The number of hydrogen-bond donors (Lipinski definition) is 8. The van der Waals surface area contributed by atoms with Crippen LogP contribution in [0.4, 0.5) is 0 Å². The van der Waals surface area contributed by atoms with Crippen LogP contribution in [0.1, 0.15) is 19.8 Å². The lowest BCUT2D eigenvalue weighted by Gasteiger charge is -2.48. The van der Waals surface area contributed by atoms with Crippen LogP contribution in [-0.2, 0) is 18.9 Å².